The van der Waals surface area contributed by atoms with Crippen molar-refractivity contribution in [2.24, 2.45) is 5.92 Å². The van der Waals surface area contributed by atoms with Gasteiger partial charge in [-0.2, -0.15) is 0 Å². The lowest BCUT2D eigenvalue weighted by Crippen LogP contribution is -2.39. The molecule has 0 bridgehead atoms. The second-order valence-corrected chi connectivity index (χ2v) is 5.97. The third kappa shape index (κ3) is 4.20. The first-order valence-electron chi connectivity index (χ1n) is 7.72. The zero-order chi connectivity index (χ0) is 16.1. The molecule has 1 aromatic carbocycles. The normalized spacial score (nSPS) is 16.6. The highest BCUT2D eigenvalue weighted by Gasteiger charge is 2.34. The van der Waals surface area contributed by atoms with Gasteiger partial charge in [0, 0.05) is 24.9 Å². The Bertz CT molecular complexity index is 537. The van der Waals surface area contributed by atoms with Crippen molar-refractivity contribution in [1.29, 1.82) is 0 Å². The minimum Gasteiger partial charge on any atom is -0.481 e. The van der Waals surface area contributed by atoms with Gasteiger partial charge in [-0.05, 0) is 18.4 Å². The third-order valence-corrected chi connectivity index (χ3v) is 4.11. The molecule has 0 heterocycles. The average Bonchev–Trinajstić information content (AvgIpc) is 3.35. The van der Waals surface area contributed by atoms with Crippen LogP contribution in [0.5, 0.6) is 0 Å². The van der Waals surface area contributed by atoms with Crippen LogP contribution in [0.25, 0.3) is 0 Å². The van der Waals surface area contributed by atoms with Crippen LogP contribution < -0.4 is 0 Å². The molecule has 4 heteroatoms. The summed E-state index contributed by atoms with van der Waals surface area (Å²) < 4.78 is 0. The molecular formula is C18H23NO3. The number of hydrogen-bond donors (Lipinski definition) is 1. The van der Waals surface area contributed by atoms with Crippen LogP contribution in [0.3, 0.4) is 0 Å². The van der Waals surface area contributed by atoms with Gasteiger partial charge in [0.25, 0.3) is 0 Å². The molecule has 1 aliphatic rings. The van der Waals surface area contributed by atoms with Gasteiger partial charge in [-0.1, -0.05) is 43.3 Å². The second-order valence-electron chi connectivity index (χ2n) is 5.97. The van der Waals surface area contributed by atoms with E-state index in [2.05, 4.69) is 6.58 Å². The van der Waals surface area contributed by atoms with E-state index in [-0.39, 0.29) is 24.4 Å². The van der Waals surface area contributed by atoms with E-state index in [1.807, 2.05) is 30.3 Å². The average molecular weight is 301 g/mol. The fourth-order valence-corrected chi connectivity index (χ4v) is 2.56. The van der Waals surface area contributed by atoms with Crippen LogP contribution in [0.4, 0.5) is 0 Å². The Kier molecular flexibility index (Phi) is 5.36. The Hall–Kier alpha value is -2.10. The van der Waals surface area contributed by atoms with Gasteiger partial charge >= 0.3 is 5.97 Å². The Balaban J connectivity index is 2.04. The molecule has 118 valence electrons. The van der Waals surface area contributed by atoms with Crippen molar-refractivity contribution in [3.8, 4) is 0 Å². The highest BCUT2D eigenvalue weighted by molar-refractivity contribution is 5.79. The van der Waals surface area contributed by atoms with Crippen molar-refractivity contribution in [1.82, 2.24) is 4.90 Å². The van der Waals surface area contributed by atoms with Gasteiger partial charge in [0.15, 0.2) is 0 Å². The lowest BCUT2D eigenvalue weighted by atomic mass is 9.95. The molecule has 0 saturated heterocycles. The Morgan fingerprint density at radius 1 is 1.36 bits per heavy atom. The summed E-state index contributed by atoms with van der Waals surface area (Å²) in [6.45, 7) is 5.77. The highest BCUT2D eigenvalue weighted by atomic mass is 16.4. The largest absolute Gasteiger partial charge is 0.481 e. The maximum Gasteiger partial charge on any atom is 0.308 e. The first kappa shape index (κ1) is 16.3. The molecule has 1 aliphatic carbocycles. The van der Waals surface area contributed by atoms with Gasteiger partial charge in [-0.25, -0.2) is 0 Å². The number of carboxylic acid groups (broad SMARTS) is 1. The molecule has 1 amide bonds. The molecule has 22 heavy (non-hydrogen) atoms. The van der Waals surface area contributed by atoms with Crippen LogP contribution in [0.2, 0.25) is 0 Å². The number of carbonyl (C=O) groups is 2. The Morgan fingerprint density at radius 2 is 2.00 bits per heavy atom. The van der Waals surface area contributed by atoms with E-state index >= 15 is 0 Å². The molecule has 2 atom stereocenters. The maximum atomic E-state index is 12.6. The molecule has 0 radical (unpaired) electrons. The zero-order valence-corrected chi connectivity index (χ0v) is 12.9. The SMILES string of the molecule is C=CC(CC(=O)N(CC(C)C(=O)O)C1CC1)c1ccccc1. The zero-order valence-electron chi connectivity index (χ0n) is 12.9. The van der Waals surface area contributed by atoms with Crippen LogP contribution >= 0.6 is 0 Å². The van der Waals surface area contributed by atoms with E-state index in [1.54, 1.807) is 17.9 Å². The summed E-state index contributed by atoms with van der Waals surface area (Å²) in [5, 5.41) is 9.07. The molecule has 2 rings (SSSR count). The number of rotatable bonds is 8. The topological polar surface area (TPSA) is 57.6 Å². The smallest absolute Gasteiger partial charge is 0.308 e. The lowest BCUT2D eigenvalue weighted by Gasteiger charge is -2.26. The van der Waals surface area contributed by atoms with Crippen LogP contribution in [-0.2, 0) is 9.59 Å². The third-order valence-electron chi connectivity index (χ3n) is 4.11. The number of carbonyl (C=O) groups excluding carboxylic acids is 1. The van der Waals surface area contributed by atoms with Crippen molar-refractivity contribution < 1.29 is 14.7 Å². The number of nitrogens with zero attached hydrogens (tertiary/aromatic N) is 1. The highest BCUT2D eigenvalue weighted by Crippen LogP contribution is 2.30. The fraction of sp³-hybridized carbons (Fsp3) is 0.444. The molecule has 1 saturated carbocycles. The van der Waals surface area contributed by atoms with Gasteiger partial charge < -0.3 is 10.0 Å². The quantitative estimate of drug-likeness (QED) is 0.751. The van der Waals surface area contributed by atoms with Gasteiger partial charge in [-0.15, -0.1) is 6.58 Å². The molecular weight excluding hydrogens is 278 g/mol. The van der Waals surface area contributed by atoms with Gasteiger partial charge in [0.05, 0.1) is 5.92 Å². The predicted octanol–water partition coefficient (Wildman–Crippen LogP) is 3.06. The summed E-state index contributed by atoms with van der Waals surface area (Å²) in [5.74, 6) is -1.41. The van der Waals surface area contributed by atoms with Crippen molar-refractivity contribution in [3.05, 3.63) is 48.6 Å². The number of amides is 1. The molecule has 1 aromatic rings. The summed E-state index contributed by atoms with van der Waals surface area (Å²) in [4.78, 5) is 25.4. The van der Waals surface area contributed by atoms with Crippen molar-refractivity contribution in [2.45, 2.75) is 38.1 Å². The van der Waals surface area contributed by atoms with E-state index in [9.17, 15) is 9.59 Å². The van der Waals surface area contributed by atoms with E-state index in [4.69, 9.17) is 5.11 Å². The van der Waals surface area contributed by atoms with E-state index < -0.39 is 11.9 Å². The lowest BCUT2D eigenvalue weighted by molar-refractivity contribution is -0.143. The molecule has 4 nitrogen and oxygen atoms in total. The summed E-state index contributed by atoms with van der Waals surface area (Å²) in [6.07, 6.45) is 4.08. The van der Waals surface area contributed by atoms with E-state index in [1.165, 1.54) is 0 Å². The summed E-state index contributed by atoms with van der Waals surface area (Å²) in [7, 11) is 0. The van der Waals surface area contributed by atoms with Crippen LogP contribution in [-0.4, -0.2) is 34.5 Å². The molecule has 1 fully saturated rings. The van der Waals surface area contributed by atoms with Gasteiger partial charge in [0.1, 0.15) is 0 Å². The van der Waals surface area contributed by atoms with Crippen molar-refractivity contribution >= 4 is 11.9 Å². The first-order valence-corrected chi connectivity index (χ1v) is 7.72. The minimum atomic E-state index is -0.859. The van der Waals surface area contributed by atoms with E-state index in [0.29, 0.717) is 6.42 Å². The molecule has 0 aliphatic heterocycles. The molecule has 0 aromatic heterocycles. The van der Waals surface area contributed by atoms with Crippen molar-refractivity contribution in [3.63, 3.8) is 0 Å². The number of benzene rings is 1. The second kappa shape index (κ2) is 7.25. The van der Waals surface area contributed by atoms with Crippen LogP contribution in [0.1, 0.15) is 37.7 Å². The standard InChI is InChI=1S/C18H23NO3/c1-3-14(15-7-5-4-6-8-15)11-17(20)19(16-9-10-16)12-13(2)18(21)22/h3-8,13-14,16H,1,9-12H2,2H3,(H,21,22). The summed E-state index contributed by atoms with van der Waals surface area (Å²) in [5.41, 5.74) is 1.06. The van der Waals surface area contributed by atoms with Crippen LogP contribution in [0, 0.1) is 5.92 Å². The number of aliphatic carboxylic acids is 1. The maximum absolute atomic E-state index is 12.6. The monoisotopic (exact) mass is 301 g/mol. The minimum absolute atomic E-state index is 0.0179. The van der Waals surface area contributed by atoms with Gasteiger partial charge in [0.2, 0.25) is 5.91 Å². The fourth-order valence-electron chi connectivity index (χ4n) is 2.56. The van der Waals surface area contributed by atoms with E-state index in [0.717, 1.165) is 18.4 Å². The summed E-state index contributed by atoms with van der Waals surface area (Å²) >= 11 is 0. The first-order chi connectivity index (χ1) is 10.5. The Labute approximate surface area is 131 Å². The van der Waals surface area contributed by atoms with Gasteiger partial charge in [-0.3, -0.25) is 9.59 Å². The number of carboxylic acids is 1. The molecule has 1 N–H and O–H groups in total. The summed E-state index contributed by atoms with van der Waals surface area (Å²) in [6, 6.07) is 10.0. The molecule has 0 spiro atoms. The Morgan fingerprint density at radius 3 is 2.50 bits per heavy atom. The van der Waals surface area contributed by atoms with Crippen molar-refractivity contribution in [2.75, 3.05) is 6.54 Å². The van der Waals surface area contributed by atoms with Crippen LogP contribution in [0.15, 0.2) is 43.0 Å². The number of allylic oxidation sites excluding steroid dienone is 1. The number of hydrogen-bond acceptors (Lipinski definition) is 2. The predicted molar refractivity (Wildman–Crippen MR) is 85.5 cm³/mol. The molecule has 2 unspecified atom stereocenters.